The molecule has 0 aliphatic rings. The first-order valence-electron chi connectivity index (χ1n) is 21.6. The topological polar surface area (TPSA) is 111 Å². The van der Waals surface area contributed by atoms with Crippen molar-refractivity contribution in [2.24, 2.45) is 0 Å². The Morgan fingerprint density at radius 1 is 0.547 bits per heavy atom. The number of rotatable bonds is 40. The van der Waals surface area contributed by atoms with Crippen molar-refractivity contribution in [1.29, 1.82) is 0 Å². The van der Waals surface area contributed by atoms with Crippen molar-refractivity contribution in [3.05, 3.63) is 24.3 Å². The number of nitrogens with zero attached hydrogens (tertiary/aromatic N) is 1. The normalized spacial score (nSPS) is 12.7. The average Bonchev–Trinajstić information content (AvgIpc) is 3.12. The number of likely N-dealkylation sites (N-methyl/N-ethyl adjacent to an activating group) is 1. The van der Waals surface area contributed by atoms with E-state index in [1.807, 2.05) is 19.0 Å². The molecule has 0 rings (SSSR count). The molecule has 0 aromatic heterocycles. The molecule has 0 radical (unpaired) electrons. The maximum Gasteiger partial charge on any atom is 0.336 e. The van der Waals surface area contributed by atoms with Gasteiger partial charge < -0.3 is 14.4 Å². The van der Waals surface area contributed by atoms with Gasteiger partial charge >= 0.3 is 22.2 Å². The summed E-state index contributed by atoms with van der Waals surface area (Å²) >= 11 is 0. The van der Waals surface area contributed by atoms with Crippen LogP contribution >= 0.6 is 0 Å². The van der Waals surface area contributed by atoms with Crippen molar-refractivity contribution in [1.82, 2.24) is 9.62 Å². The van der Waals surface area contributed by atoms with Crippen LogP contribution in [0.2, 0.25) is 0 Å². The molecular formula is C43H82N2O7S. The van der Waals surface area contributed by atoms with E-state index in [1.165, 1.54) is 89.9 Å². The molecular weight excluding hydrogens is 689 g/mol. The summed E-state index contributed by atoms with van der Waals surface area (Å²) in [6.45, 7) is 4.53. The molecule has 0 saturated heterocycles. The summed E-state index contributed by atoms with van der Waals surface area (Å²) in [5, 5.41) is 0. The second kappa shape index (κ2) is 38.5. The van der Waals surface area contributed by atoms with Crippen LogP contribution in [0.5, 0.6) is 0 Å². The Bertz CT molecular complexity index is 945. The van der Waals surface area contributed by atoms with Gasteiger partial charge in [0.25, 0.3) is 0 Å². The van der Waals surface area contributed by atoms with Gasteiger partial charge in [0.05, 0.1) is 0 Å². The third-order valence-electron chi connectivity index (χ3n) is 9.25. The highest BCUT2D eigenvalue weighted by Gasteiger charge is 2.23. The Balaban J connectivity index is 4.27. The predicted molar refractivity (Wildman–Crippen MR) is 221 cm³/mol. The first kappa shape index (κ1) is 51.2. The van der Waals surface area contributed by atoms with Crippen LogP contribution in [0.4, 0.5) is 0 Å². The number of carbonyl (C=O) groups is 2. The van der Waals surface area contributed by atoms with E-state index in [1.54, 1.807) is 0 Å². The average molecular weight is 771 g/mol. The fraction of sp³-hybridized carbons (Fsp3) is 0.860. The monoisotopic (exact) mass is 771 g/mol. The Morgan fingerprint density at radius 2 is 0.887 bits per heavy atom. The number of carbonyl (C=O) groups excluding carboxylic acids is 2. The zero-order valence-electron chi connectivity index (χ0n) is 34.7. The van der Waals surface area contributed by atoms with Gasteiger partial charge in [-0.3, -0.25) is 9.59 Å². The molecule has 0 bridgehead atoms. The second-order valence-corrected chi connectivity index (χ2v) is 16.3. The lowest BCUT2D eigenvalue weighted by molar-refractivity contribution is -0.151. The van der Waals surface area contributed by atoms with E-state index in [-0.39, 0.29) is 32.6 Å². The highest BCUT2D eigenvalue weighted by Crippen LogP contribution is 2.13. The van der Waals surface area contributed by atoms with Gasteiger partial charge in [0.15, 0.2) is 0 Å². The van der Waals surface area contributed by atoms with Gasteiger partial charge in [-0.2, -0.15) is 13.1 Å². The van der Waals surface area contributed by atoms with Crippen LogP contribution in [0, 0.1) is 0 Å². The summed E-state index contributed by atoms with van der Waals surface area (Å²) in [6, 6.07) is 0. The number of esters is 2. The van der Waals surface area contributed by atoms with Crippen molar-refractivity contribution in [2.75, 3.05) is 40.4 Å². The van der Waals surface area contributed by atoms with E-state index in [4.69, 9.17) is 13.7 Å². The molecule has 0 atom stereocenters. The standard InChI is InChI=1S/C43H82N2O7S/c1-5-7-9-11-13-15-17-19-21-23-25-27-29-31-33-35-42(46)50-39-41(52-53(48,49)44-37-38-45(3)4)40-51-43(47)36-34-32-30-28-26-24-22-20-18-16-14-12-10-8-6-2/h19-22,41,44H,5-18,23-40H2,1-4H3. The van der Waals surface area contributed by atoms with Gasteiger partial charge in [-0.05, 0) is 78.3 Å². The van der Waals surface area contributed by atoms with Gasteiger partial charge in [-0.1, -0.05) is 141 Å². The van der Waals surface area contributed by atoms with E-state index >= 15 is 0 Å². The van der Waals surface area contributed by atoms with E-state index < -0.39 is 28.3 Å². The Labute approximate surface area is 327 Å². The third kappa shape index (κ3) is 39.7. The molecule has 9 nitrogen and oxygen atoms in total. The lowest BCUT2D eigenvalue weighted by Crippen LogP contribution is -2.38. The number of hydrogen-bond acceptors (Lipinski definition) is 8. The summed E-state index contributed by atoms with van der Waals surface area (Å²) in [6.07, 6.45) is 39.2. The molecule has 53 heavy (non-hydrogen) atoms. The van der Waals surface area contributed by atoms with Gasteiger partial charge in [-0.25, -0.2) is 4.18 Å². The molecule has 0 spiro atoms. The Morgan fingerprint density at radius 3 is 1.25 bits per heavy atom. The van der Waals surface area contributed by atoms with Crippen molar-refractivity contribution >= 4 is 22.2 Å². The van der Waals surface area contributed by atoms with Gasteiger partial charge in [-0.15, -0.1) is 0 Å². The largest absolute Gasteiger partial charge is 0.463 e. The minimum Gasteiger partial charge on any atom is -0.463 e. The van der Waals surface area contributed by atoms with Crippen LogP contribution < -0.4 is 4.72 Å². The van der Waals surface area contributed by atoms with Gasteiger partial charge in [0, 0.05) is 25.9 Å². The number of ether oxygens (including phenoxy) is 2. The molecule has 0 fully saturated rings. The lowest BCUT2D eigenvalue weighted by Gasteiger charge is -2.18. The molecule has 1 N–H and O–H groups in total. The van der Waals surface area contributed by atoms with E-state index in [9.17, 15) is 18.0 Å². The fourth-order valence-corrected chi connectivity index (χ4v) is 6.79. The van der Waals surface area contributed by atoms with Crippen LogP contribution in [0.15, 0.2) is 24.3 Å². The molecule has 10 heteroatoms. The molecule has 0 amide bonds. The molecule has 0 aliphatic carbocycles. The summed E-state index contributed by atoms with van der Waals surface area (Å²) in [4.78, 5) is 26.7. The fourth-order valence-electron chi connectivity index (χ4n) is 5.91. The SMILES string of the molecule is CCCCCCCCC=CCCCCCCCC(=O)OCC(COC(=O)CCCCCCCC=CCCCCCCCC)OS(=O)(=O)NCCN(C)C. The lowest BCUT2D eigenvalue weighted by atomic mass is 10.1. The zero-order valence-corrected chi connectivity index (χ0v) is 35.5. The smallest absolute Gasteiger partial charge is 0.336 e. The van der Waals surface area contributed by atoms with Crippen LogP contribution in [0.1, 0.15) is 194 Å². The number of hydrogen-bond donors (Lipinski definition) is 1. The molecule has 0 saturated carbocycles. The minimum atomic E-state index is -4.13. The van der Waals surface area contributed by atoms with Crippen LogP contribution in [0.3, 0.4) is 0 Å². The maximum absolute atomic E-state index is 12.5. The second-order valence-electron chi connectivity index (χ2n) is 14.9. The van der Waals surface area contributed by atoms with E-state index in [2.05, 4.69) is 42.9 Å². The van der Waals surface area contributed by atoms with E-state index in [0.29, 0.717) is 19.4 Å². The molecule has 312 valence electrons. The van der Waals surface area contributed by atoms with Crippen LogP contribution in [-0.2, 0) is 33.6 Å². The van der Waals surface area contributed by atoms with Crippen LogP contribution in [0.25, 0.3) is 0 Å². The first-order chi connectivity index (χ1) is 25.7. The third-order valence-corrected chi connectivity index (χ3v) is 10.3. The Hall–Kier alpha value is -1.75. The Kier molecular flexibility index (Phi) is 37.2. The first-order valence-corrected chi connectivity index (χ1v) is 23.0. The number of nitrogens with one attached hydrogen (secondary N) is 1. The molecule has 0 aromatic rings. The summed E-state index contributed by atoms with van der Waals surface area (Å²) in [5.41, 5.74) is 0. The molecule has 0 aromatic carbocycles. The molecule has 0 aliphatic heterocycles. The summed E-state index contributed by atoms with van der Waals surface area (Å²) < 4.78 is 43.4. The maximum atomic E-state index is 12.5. The van der Waals surface area contributed by atoms with Gasteiger partial charge in [0.2, 0.25) is 0 Å². The quantitative estimate of drug-likeness (QED) is 0.0372. The van der Waals surface area contributed by atoms with Crippen LogP contribution in [-0.4, -0.2) is 71.8 Å². The molecule has 0 heterocycles. The summed E-state index contributed by atoms with van der Waals surface area (Å²) in [7, 11) is -0.456. The highest BCUT2D eigenvalue weighted by molar-refractivity contribution is 7.84. The van der Waals surface area contributed by atoms with Crippen molar-refractivity contribution in [2.45, 2.75) is 200 Å². The van der Waals surface area contributed by atoms with Crippen molar-refractivity contribution in [3.8, 4) is 0 Å². The minimum absolute atomic E-state index is 0.159. The number of allylic oxidation sites excluding steroid dienone is 4. The van der Waals surface area contributed by atoms with Crippen molar-refractivity contribution in [3.63, 3.8) is 0 Å². The molecule has 0 unspecified atom stereocenters. The van der Waals surface area contributed by atoms with E-state index in [0.717, 1.165) is 64.2 Å². The predicted octanol–water partition coefficient (Wildman–Crippen LogP) is 10.9. The highest BCUT2D eigenvalue weighted by atomic mass is 32.2. The zero-order chi connectivity index (χ0) is 39.1. The van der Waals surface area contributed by atoms with Crippen molar-refractivity contribution < 1.29 is 31.7 Å². The number of unbranched alkanes of at least 4 members (excludes halogenated alkanes) is 22. The van der Waals surface area contributed by atoms with Gasteiger partial charge in [0.1, 0.15) is 19.3 Å². The summed E-state index contributed by atoms with van der Waals surface area (Å²) in [5.74, 6) is -0.817.